The lowest BCUT2D eigenvalue weighted by atomic mass is 10.0. The number of fused-ring (bicyclic) bond motifs is 1. The second-order valence-corrected chi connectivity index (χ2v) is 7.53. The standard InChI is InChI=1S/C26H30N2O2/c1-3-27-26(30)20(2)28(19-18-21-10-5-4-6-11-21)25(29)17-16-23-14-9-13-22-12-7-8-15-24(22)23/h4-15,20H,3,16-19H2,1-2H3,(H,27,30)/t20-/m0/s1. The third-order valence-corrected chi connectivity index (χ3v) is 5.49. The summed E-state index contributed by atoms with van der Waals surface area (Å²) in [6, 6.07) is 24.0. The van der Waals surface area contributed by atoms with E-state index in [-0.39, 0.29) is 11.8 Å². The van der Waals surface area contributed by atoms with E-state index in [1.54, 1.807) is 4.90 Å². The van der Waals surface area contributed by atoms with Crippen molar-refractivity contribution in [3.8, 4) is 0 Å². The molecule has 0 aromatic heterocycles. The van der Waals surface area contributed by atoms with Gasteiger partial charge in [-0.25, -0.2) is 0 Å². The third kappa shape index (κ3) is 5.47. The number of rotatable bonds is 9. The van der Waals surface area contributed by atoms with Crippen molar-refractivity contribution in [1.82, 2.24) is 10.2 Å². The predicted molar refractivity (Wildman–Crippen MR) is 122 cm³/mol. The van der Waals surface area contributed by atoms with E-state index in [0.29, 0.717) is 25.9 Å². The molecule has 4 nitrogen and oxygen atoms in total. The zero-order valence-electron chi connectivity index (χ0n) is 17.8. The van der Waals surface area contributed by atoms with E-state index >= 15 is 0 Å². The molecule has 0 heterocycles. The van der Waals surface area contributed by atoms with Crippen LogP contribution in [0, 0.1) is 0 Å². The molecule has 3 aromatic rings. The van der Waals surface area contributed by atoms with Crippen molar-refractivity contribution in [2.75, 3.05) is 13.1 Å². The van der Waals surface area contributed by atoms with Gasteiger partial charge in [0.2, 0.25) is 11.8 Å². The van der Waals surface area contributed by atoms with E-state index in [4.69, 9.17) is 0 Å². The second kappa shape index (κ2) is 10.6. The number of nitrogens with zero attached hydrogens (tertiary/aromatic N) is 1. The van der Waals surface area contributed by atoms with Crippen molar-refractivity contribution in [3.63, 3.8) is 0 Å². The number of amides is 2. The zero-order chi connectivity index (χ0) is 21.3. The molecule has 0 aliphatic carbocycles. The predicted octanol–water partition coefficient (Wildman–Crippen LogP) is 4.37. The average Bonchev–Trinajstić information content (AvgIpc) is 2.78. The van der Waals surface area contributed by atoms with Crippen LogP contribution in [0.25, 0.3) is 10.8 Å². The van der Waals surface area contributed by atoms with Crippen LogP contribution in [0.4, 0.5) is 0 Å². The van der Waals surface area contributed by atoms with Crippen LogP contribution in [0.3, 0.4) is 0 Å². The van der Waals surface area contributed by atoms with Gasteiger partial charge >= 0.3 is 0 Å². The van der Waals surface area contributed by atoms with Crippen molar-refractivity contribution in [1.29, 1.82) is 0 Å². The van der Waals surface area contributed by atoms with E-state index in [0.717, 1.165) is 17.5 Å². The summed E-state index contributed by atoms with van der Waals surface area (Å²) in [5.41, 5.74) is 2.32. The Morgan fingerprint density at radius 3 is 2.37 bits per heavy atom. The minimum absolute atomic E-state index is 0.0117. The SMILES string of the molecule is CCNC(=O)[C@H](C)N(CCc1ccccc1)C(=O)CCc1cccc2ccccc12. The van der Waals surface area contributed by atoms with E-state index in [2.05, 4.69) is 41.7 Å². The molecule has 30 heavy (non-hydrogen) atoms. The first kappa shape index (κ1) is 21.6. The first-order valence-corrected chi connectivity index (χ1v) is 10.7. The maximum absolute atomic E-state index is 13.2. The molecule has 0 aliphatic rings. The molecule has 0 saturated heterocycles. The molecule has 0 fully saturated rings. The summed E-state index contributed by atoms with van der Waals surface area (Å²) in [6.07, 6.45) is 1.77. The van der Waals surface area contributed by atoms with Crippen LogP contribution in [0.5, 0.6) is 0 Å². The van der Waals surface area contributed by atoms with E-state index < -0.39 is 6.04 Å². The quantitative estimate of drug-likeness (QED) is 0.578. The number of likely N-dealkylation sites (N-methyl/N-ethyl adjacent to an activating group) is 1. The molecular weight excluding hydrogens is 372 g/mol. The summed E-state index contributed by atoms with van der Waals surface area (Å²) in [4.78, 5) is 27.3. The highest BCUT2D eigenvalue weighted by atomic mass is 16.2. The number of hydrogen-bond donors (Lipinski definition) is 1. The van der Waals surface area contributed by atoms with Crippen molar-refractivity contribution in [2.45, 2.75) is 39.2 Å². The van der Waals surface area contributed by atoms with Crippen molar-refractivity contribution in [3.05, 3.63) is 83.9 Å². The molecular formula is C26H30N2O2. The van der Waals surface area contributed by atoms with Crippen LogP contribution in [0.2, 0.25) is 0 Å². The second-order valence-electron chi connectivity index (χ2n) is 7.53. The minimum atomic E-state index is -0.492. The molecule has 0 spiro atoms. The lowest BCUT2D eigenvalue weighted by molar-refractivity contribution is -0.139. The summed E-state index contributed by atoms with van der Waals surface area (Å²) in [7, 11) is 0. The number of carbonyl (C=O) groups excluding carboxylic acids is 2. The molecule has 0 aliphatic heterocycles. The number of aryl methyl sites for hydroxylation is 1. The van der Waals surface area contributed by atoms with Gasteiger partial charge in [0.15, 0.2) is 0 Å². The smallest absolute Gasteiger partial charge is 0.242 e. The summed E-state index contributed by atoms with van der Waals surface area (Å²) in [6.45, 7) is 4.78. The molecule has 0 unspecified atom stereocenters. The van der Waals surface area contributed by atoms with Gasteiger partial charge in [0.1, 0.15) is 6.04 Å². The summed E-state index contributed by atoms with van der Waals surface area (Å²) in [5, 5.41) is 5.20. The number of nitrogens with one attached hydrogen (secondary N) is 1. The molecule has 1 atom stereocenters. The van der Waals surface area contributed by atoms with Crippen LogP contribution in [0.15, 0.2) is 72.8 Å². The fourth-order valence-electron chi connectivity index (χ4n) is 3.79. The van der Waals surface area contributed by atoms with E-state index in [9.17, 15) is 9.59 Å². The van der Waals surface area contributed by atoms with Crippen LogP contribution >= 0.6 is 0 Å². The number of carbonyl (C=O) groups is 2. The molecule has 0 radical (unpaired) electrons. The highest BCUT2D eigenvalue weighted by Gasteiger charge is 2.25. The normalized spacial score (nSPS) is 11.8. The fourth-order valence-corrected chi connectivity index (χ4v) is 3.79. The Morgan fingerprint density at radius 2 is 1.60 bits per heavy atom. The monoisotopic (exact) mass is 402 g/mol. The topological polar surface area (TPSA) is 49.4 Å². The van der Waals surface area contributed by atoms with Crippen LogP contribution < -0.4 is 5.32 Å². The van der Waals surface area contributed by atoms with E-state index in [1.165, 1.54) is 10.8 Å². The summed E-state index contributed by atoms with van der Waals surface area (Å²) < 4.78 is 0. The molecule has 0 bridgehead atoms. The Morgan fingerprint density at radius 1 is 0.900 bits per heavy atom. The van der Waals surface area contributed by atoms with Crippen molar-refractivity contribution in [2.24, 2.45) is 0 Å². The molecule has 3 aromatic carbocycles. The third-order valence-electron chi connectivity index (χ3n) is 5.49. The molecule has 4 heteroatoms. The highest BCUT2D eigenvalue weighted by Crippen LogP contribution is 2.20. The Kier molecular flexibility index (Phi) is 7.61. The molecule has 1 N–H and O–H groups in total. The lowest BCUT2D eigenvalue weighted by Gasteiger charge is -2.29. The maximum Gasteiger partial charge on any atom is 0.242 e. The zero-order valence-corrected chi connectivity index (χ0v) is 17.8. The average molecular weight is 403 g/mol. The molecule has 0 saturated carbocycles. The van der Waals surface area contributed by atoms with Gasteiger partial charge in [-0.1, -0.05) is 72.8 Å². The van der Waals surface area contributed by atoms with Gasteiger partial charge < -0.3 is 10.2 Å². The van der Waals surface area contributed by atoms with Gasteiger partial charge in [-0.2, -0.15) is 0 Å². The largest absolute Gasteiger partial charge is 0.355 e. The maximum atomic E-state index is 13.2. The van der Waals surface area contributed by atoms with Crippen molar-refractivity contribution < 1.29 is 9.59 Å². The molecule has 2 amide bonds. The van der Waals surface area contributed by atoms with Crippen molar-refractivity contribution >= 4 is 22.6 Å². The Labute approximate surface area is 178 Å². The van der Waals surface area contributed by atoms with Crippen LogP contribution in [0.1, 0.15) is 31.4 Å². The lowest BCUT2D eigenvalue weighted by Crippen LogP contribution is -2.48. The van der Waals surface area contributed by atoms with Gasteiger partial charge in [0, 0.05) is 19.5 Å². The highest BCUT2D eigenvalue weighted by molar-refractivity contribution is 5.88. The summed E-state index contributed by atoms with van der Waals surface area (Å²) >= 11 is 0. The van der Waals surface area contributed by atoms with E-state index in [1.807, 2.05) is 50.2 Å². The Bertz CT molecular complexity index is 979. The van der Waals surface area contributed by atoms with Gasteiger partial charge in [0.05, 0.1) is 0 Å². The molecule has 156 valence electrons. The van der Waals surface area contributed by atoms with Gasteiger partial charge in [0.25, 0.3) is 0 Å². The Hall–Kier alpha value is -3.14. The van der Waals surface area contributed by atoms with Gasteiger partial charge in [-0.05, 0) is 48.6 Å². The van der Waals surface area contributed by atoms with Crippen LogP contribution in [-0.4, -0.2) is 35.8 Å². The Balaban J connectivity index is 1.72. The number of hydrogen-bond acceptors (Lipinski definition) is 2. The van der Waals surface area contributed by atoms with Gasteiger partial charge in [-0.3, -0.25) is 9.59 Å². The first-order valence-electron chi connectivity index (χ1n) is 10.7. The summed E-state index contributed by atoms with van der Waals surface area (Å²) in [5.74, 6) is -0.0957. The minimum Gasteiger partial charge on any atom is -0.355 e. The fraction of sp³-hybridized carbons (Fsp3) is 0.308. The number of benzene rings is 3. The van der Waals surface area contributed by atoms with Crippen LogP contribution in [-0.2, 0) is 22.4 Å². The first-order chi connectivity index (χ1) is 14.6. The van der Waals surface area contributed by atoms with Gasteiger partial charge in [-0.15, -0.1) is 0 Å². The molecule has 3 rings (SSSR count).